The number of carbonyl (C=O) groups excluding carboxylic acids is 1. The van der Waals surface area contributed by atoms with Crippen molar-refractivity contribution in [3.8, 4) is 0 Å². The summed E-state index contributed by atoms with van der Waals surface area (Å²) in [4.78, 5) is 13.7. The fourth-order valence-electron chi connectivity index (χ4n) is 2.59. The van der Waals surface area contributed by atoms with Crippen molar-refractivity contribution in [3.05, 3.63) is 35.4 Å². The molecule has 1 amide bonds. The second-order valence-corrected chi connectivity index (χ2v) is 5.29. The summed E-state index contributed by atoms with van der Waals surface area (Å²) in [6, 6.07) is 7.97. The minimum atomic E-state index is -0.276. The number of nitrogens with two attached hydrogens (primary N) is 1. The molecule has 1 aliphatic rings. The van der Waals surface area contributed by atoms with Crippen LogP contribution in [0.3, 0.4) is 0 Å². The molecule has 1 aromatic rings. The third-order valence-electron chi connectivity index (χ3n) is 3.88. The van der Waals surface area contributed by atoms with Crippen LogP contribution in [0, 0.1) is 0 Å². The van der Waals surface area contributed by atoms with E-state index in [2.05, 4.69) is 17.4 Å². The van der Waals surface area contributed by atoms with Crippen LogP contribution in [0.2, 0.25) is 0 Å². The van der Waals surface area contributed by atoms with Crippen LogP contribution in [0.1, 0.15) is 35.2 Å². The van der Waals surface area contributed by atoms with Gasteiger partial charge < -0.3 is 9.64 Å². The third kappa shape index (κ3) is 4.03. The van der Waals surface area contributed by atoms with E-state index in [0.29, 0.717) is 18.2 Å². The number of nitrogen functional groups attached to an aromatic ring is 1. The molecule has 1 atom stereocenters. The first-order chi connectivity index (χ1) is 9.70. The van der Waals surface area contributed by atoms with E-state index >= 15 is 0 Å². The lowest BCUT2D eigenvalue weighted by molar-refractivity contribution is 0.0952. The molecule has 1 fully saturated rings. The maximum Gasteiger partial charge on any atom is 0.265 e. The van der Waals surface area contributed by atoms with Gasteiger partial charge in [-0.3, -0.25) is 10.2 Å². The number of rotatable bonds is 6. The van der Waals surface area contributed by atoms with Crippen LogP contribution in [0.15, 0.2) is 24.3 Å². The summed E-state index contributed by atoms with van der Waals surface area (Å²) >= 11 is 0. The number of nitrogens with zero attached hydrogens (tertiary/aromatic N) is 1. The summed E-state index contributed by atoms with van der Waals surface area (Å²) in [5.74, 6) is 4.81. The Morgan fingerprint density at radius 2 is 2.20 bits per heavy atom. The molecule has 5 nitrogen and oxygen atoms in total. The van der Waals surface area contributed by atoms with Gasteiger partial charge in [0.25, 0.3) is 5.91 Å². The van der Waals surface area contributed by atoms with Gasteiger partial charge in [-0.15, -0.1) is 0 Å². The maximum atomic E-state index is 11.3. The Hall–Kier alpha value is -1.43. The van der Waals surface area contributed by atoms with E-state index in [1.807, 2.05) is 12.1 Å². The average Bonchev–Trinajstić information content (AvgIpc) is 2.89. The van der Waals surface area contributed by atoms with Gasteiger partial charge >= 0.3 is 0 Å². The Bertz CT molecular complexity index is 433. The Kier molecular flexibility index (Phi) is 5.52. The smallest absolute Gasteiger partial charge is 0.265 e. The van der Waals surface area contributed by atoms with Crippen molar-refractivity contribution in [2.75, 3.05) is 20.2 Å². The number of hydrogen-bond acceptors (Lipinski definition) is 4. The topological polar surface area (TPSA) is 67.6 Å². The molecular formula is C15H23N3O2. The highest BCUT2D eigenvalue weighted by Gasteiger charge is 2.19. The minimum absolute atomic E-state index is 0.276. The number of hydrogen-bond donors (Lipinski definition) is 2. The molecule has 0 saturated carbocycles. The number of benzene rings is 1. The zero-order chi connectivity index (χ0) is 14.4. The van der Waals surface area contributed by atoms with Gasteiger partial charge in [-0.2, -0.15) is 0 Å². The molecule has 1 heterocycles. The van der Waals surface area contributed by atoms with Gasteiger partial charge in [-0.1, -0.05) is 12.1 Å². The van der Waals surface area contributed by atoms with Crippen LogP contribution in [0.25, 0.3) is 0 Å². The molecule has 2 rings (SSSR count). The molecule has 5 heteroatoms. The van der Waals surface area contributed by atoms with E-state index in [0.717, 1.165) is 18.6 Å². The molecule has 0 bridgehead atoms. The zero-order valence-electron chi connectivity index (χ0n) is 12.0. The first kappa shape index (κ1) is 15.0. The summed E-state index contributed by atoms with van der Waals surface area (Å²) in [6.07, 6.45) is 3.67. The van der Waals surface area contributed by atoms with Crippen molar-refractivity contribution in [3.63, 3.8) is 0 Å². The van der Waals surface area contributed by atoms with E-state index in [1.54, 1.807) is 12.1 Å². The maximum absolute atomic E-state index is 11.3. The lowest BCUT2D eigenvalue weighted by atomic mass is 10.1. The molecule has 1 unspecified atom stereocenters. The van der Waals surface area contributed by atoms with Crippen molar-refractivity contribution in [1.82, 2.24) is 10.3 Å². The van der Waals surface area contributed by atoms with Gasteiger partial charge in [0, 0.05) is 18.2 Å². The van der Waals surface area contributed by atoms with Gasteiger partial charge in [0.1, 0.15) is 0 Å². The van der Waals surface area contributed by atoms with E-state index in [-0.39, 0.29) is 5.91 Å². The Morgan fingerprint density at radius 3 is 2.80 bits per heavy atom. The van der Waals surface area contributed by atoms with Crippen LogP contribution < -0.4 is 11.3 Å². The molecule has 3 N–H and O–H groups in total. The zero-order valence-corrected chi connectivity index (χ0v) is 12.0. The lowest BCUT2D eigenvalue weighted by Gasteiger charge is -2.18. The standard InChI is InChI=1S/C15H23N3O2/c1-18-9-2-3-14(18)8-10-20-11-12-4-6-13(7-5-12)15(19)17-16/h4-7,14H,2-3,8-11,16H2,1H3,(H,17,19). The normalized spacial score (nSPS) is 19.2. The van der Waals surface area contributed by atoms with Crippen LogP contribution >= 0.6 is 0 Å². The van der Waals surface area contributed by atoms with Gasteiger partial charge in [0.15, 0.2) is 0 Å². The largest absolute Gasteiger partial charge is 0.377 e. The highest BCUT2D eigenvalue weighted by molar-refractivity contribution is 5.93. The van der Waals surface area contributed by atoms with Gasteiger partial charge in [0.2, 0.25) is 0 Å². The SMILES string of the molecule is CN1CCCC1CCOCc1ccc(C(=O)NN)cc1. The van der Waals surface area contributed by atoms with Crippen LogP contribution in [-0.4, -0.2) is 37.0 Å². The molecule has 0 aliphatic carbocycles. The monoisotopic (exact) mass is 277 g/mol. The molecule has 1 saturated heterocycles. The number of ether oxygens (including phenoxy) is 1. The summed E-state index contributed by atoms with van der Waals surface area (Å²) in [5.41, 5.74) is 3.74. The van der Waals surface area contributed by atoms with Crippen molar-refractivity contribution in [2.24, 2.45) is 5.84 Å². The average molecular weight is 277 g/mol. The Morgan fingerprint density at radius 1 is 1.45 bits per heavy atom. The second kappa shape index (κ2) is 7.38. The highest BCUT2D eigenvalue weighted by atomic mass is 16.5. The summed E-state index contributed by atoms with van der Waals surface area (Å²) in [7, 11) is 2.18. The fraction of sp³-hybridized carbons (Fsp3) is 0.533. The molecule has 0 aromatic heterocycles. The number of carbonyl (C=O) groups is 1. The van der Waals surface area contributed by atoms with Gasteiger partial charge in [-0.25, -0.2) is 5.84 Å². The second-order valence-electron chi connectivity index (χ2n) is 5.29. The molecule has 110 valence electrons. The van der Waals surface area contributed by atoms with Crippen molar-refractivity contribution in [2.45, 2.75) is 31.9 Å². The van der Waals surface area contributed by atoms with Crippen LogP contribution in [0.4, 0.5) is 0 Å². The van der Waals surface area contributed by atoms with E-state index in [4.69, 9.17) is 10.6 Å². The molecule has 1 aliphatic heterocycles. The van der Waals surface area contributed by atoms with Gasteiger partial charge in [-0.05, 0) is 50.6 Å². The predicted molar refractivity (Wildman–Crippen MR) is 78.0 cm³/mol. The summed E-state index contributed by atoms with van der Waals surface area (Å²) in [5, 5.41) is 0. The molecule has 0 radical (unpaired) electrons. The first-order valence-corrected chi connectivity index (χ1v) is 7.08. The Labute approximate surface area is 120 Å². The molecule has 0 spiro atoms. The number of hydrazine groups is 1. The molecule has 20 heavy (non-hydrogen) atoms. The number of likely N-dealkylation sites (tertiary alicyclic amines) is 1. The number of amides is 1. The summed E-state index contributed by atoms with van der Waals surface area (Å²) in [6.45, 7) is 2.57. The lowest BCUT2D eigenvalue weighted by Crippen LogP contribution is -2.29. The minimum Gasteiger partial charge on any atom is -0.377 e. The van der Waals surface area contributed by atoms with E-state index in [1.165, 1.54) is 19.4 Å². The van der Waals surface area contributed by atoms with Crippen molar-refractivity contribution in [1.29, 1.82) is 0 Å². The van der Waals surface area contributed by atoms with Crippen molar-refractivity contribution < 1.29 is 9.53 Å². The Balaban J connectivity index is 1.70. The van der Waals surface area contributed by atoms with Crippen LogP contribution in [0.5, 0.6) is 0 Å². The third-order valence-corrected chi connectivity index (χ3v) is 3.88. The summed E-state index contributed by atoms with van der Waals surface area (Å²) < 4.78 is 5.70. The predicted octanol–water partition coefficient (Wildman–Crippen LogP) is 1.29. The quantitative estimate of drug-likeness (QED) is 0.356. The first-order valence-electron chi connectivity index (χ1n) is 7.08. The van der Waals surface area contributed by atoms with Crippen molar-refractivity contribution >= 4 is 5.91 Å². The van der Waals surface area contributed by atoms with E-state index in [9.17, 15) is 4.79 Å². The molecular weight excluding hydrogens is 254 g/mol. The van der Waals surface area contributed by atoms with Crippen LogP contribution in [-0.2, 0) is 11.3 Å². The molecule has 1 aromatic carbocycles. The van der Waals surface area contributed by atoms with Gasteiger partial charge in [0.05, 0.1) is 6.61 Å². The highest BCUT2D eigenvalue weighted by Crippen LogP contribution is 2.17. The number of nitrogens with one attached hydrogen (secondary N) is 1. The van der Waals surface area contributed by atoms with E-state index < -0.39 is 0 Å². The fourth-order valence-corrected chi connectivity index (χ4v) is 2.59.